The Bertz CT molecular complexity index is 848. The molecule has 3 aromatic rings. The number of rotatable bonds is 6. The summed E-state index contributed by atoms with van der Waals surface area (Å²) in [6.45, 7) is 0. The molecule has 1 amide bonds. The lowest BCUT2D eigenvalue weighted by Gasteiger charge is -2.16. The van der Waals surface area contributed by atoms with Gasteiger partial charge in [0.05, 0.1) is 5.69 Å². The van der Waals surface area contributed by atoms with E-state index in [1.54, 1.807) is 4.68 Å². The van der Waals surface area contributed by atoms with E-state index < -0.39 is 5.25 Å². The van der Waals surface area contributed by atoms with Crippen LogP contribution < -0.4 is 5.32 Å². The number of carbonyl (C=O) groups is 1. The van der Waals surface area contributed by atoms with Crippen LogP contribution in [0.5, 0.6) is 0 Å². The third-order valence-corrected chi connectivity index (χ3v) is 5.12. The standard InChI is InChI=1S/C18H17N5OS/c24-17(19-14-11-12-14)16(13-7-3-1-4-8-13)25-18-20-21-22-23(18)15-9-5-2-6-10-15/h1-10,14,16H,11-12H2,(H,19,24)/t16-/m1/s1. The fraction of sp³-hybridized carbons (Fsp3) is 0.222. The molecule has 7 heteroatoms. The molecule has 1 aliphatic carbocycles. The van der Waals surface area contributed by atoms with Gasteiger partial charge in [0.15, 0.2) is 0 Å². The van der Waals surface area contributed by atoms with Crippen molar-refractivity contribution in [1.82, 2.24) is 25.5 Å². The minimum atomic E-state index is -0.393. The average molecular weight is 351 g/mol. The largest absolute Gasteiger partial charge is 0.352 e. The summed E-state index contributed by atoms with van der Waals surface area (Å²) < 4.78 is 1.66. The molecule has 6 nitrogen and oxygen atoms in total. The van der Waals surface area contributed by atoms with Crippen LogP contribution in [0, 0.1) is 0 Å². The minimum Gasteiger partial charge on any atom is -0.352 e. The topological polar surface area (TPSA) is 72.7 Å². The molecule has 0 spiro atoms. The summed E-state index contributed by atoms with van der Waals surface area (Å²) in [7, 11) is 0. The molecule has 1 heterocycles. The van der Waals surface area contributed by atoms with E-state index in [0.717, 1.165) is 24.1 Å². The zero-order valence-electron chi connectivity index (χ0n) is 13.4. The molecule has 0 aliphatic heterocycles. The van der Waals surface area contributed by atoms with Crippen LogP contribution in [0.1, 0.15) is 23.7 Å². The van der Waals surface area contributed by atoms with Crippen LogP contribution in [0.15, 0.2) is 65.8 Å². The summed E-state index contributed by atoms with van der Waals surface area (Å²) in [5, 5.41) is 15.3. The molecule has 1 saturated carbocycles. The fourth-order valence-electron chi connectivity index (χ4n) is 2.49. The smallest absolute Gasteiger partial charge is 0.238 e. The van der Waals surface area contributed by atoms with E-state index in [0.29, 0.717) is 11.2 Å². The summed E-state index contributed by atoms with van der Waals surface area (Å²) in [6, 6.07) is 19.7. The quantitative estimate of drug-likeness (QED) is 0.691. The molecule has 1 fully saturated rings. The number of amides is 1. The van der Waals surface area contributed by atoms with Gasteiger partial charge in [-0.25, -0.2) is 0 Å². The van der Waals surface area contributed by atoms with Crippen molar-refractivity contribution >= 4 is 17.7 Å². The number of thioether (sulfide) groups is 1. The van der Waals surface area contributed by atoms with Gasteiger partial charge in [0.25, 0.3) is 0 Å². The van der Waals surface area contributed by atoms with Crippen molar-refractivity contribution in [2.75, 3.05) is 0 Å². The number of aromatic nitrogens is 4. The van der Waals surface area contributed by atoms with Crippen LogP contribution in [0.2, 0.25) is 0 Å². The Morgan fingerprint density at radius 2 is 1.76 bits per heavy atom. The van der Waals surface area contributed by atoms with Crippen LogP contribution in [-0.2, 0) is 4.79 Å². The van der Waals surface area contributed by atoms with Gasteiger partial charge in [-0.15, -0.1) is 5.10 Å². The maximum Gasteiger partial charge on any atom is 0.238 e. The Morgan fingerprint density at radius 3 is 2.44 bits per heavy atom. The number of hydrogen-bond acceptors (Lipinski definition) is 5. The van der Waals surface area contributed by atoms with Crippen molar-refractivity contribution in [3.8, 4) is 5.69 Å². The van der Waals surface area contributed by atoms with E-state index in [1.807, 2.05) is 60.7 Å². The van der Waals surface area contributed by atoms with Crippen LogP contribution in [0.4, 0.5) is 0 Å². The molecule has 0 radical (unpaired) electrons. The molecule has 25 heavy (non-hydrogen) atoms. The zero-order valence-corrected chi connectivity index (χ0v) is 14.3. The van der Waals surface area contributed by atoms with Gasteiger partial charge in [-0.1, -0.05) is 60.3 Å². The van der Waals surface area contributed by atoms with Gasteiger partial charge in [0, 0.05) is 6.04 Å². The highest BCUT2D eigenvalue weighted by Gasteiger charge is 2.30. The second kappa shape index (κ2) is 7.06. The maximum atomic E-state index is 12.8. The highest BCUT2D eigenvalue weighted by atomic mass is 32.2. The van der Waals surface area contributed by atoms with Gasteiger partial charge < -0.3 is 5.32 Å². The van der Waals surface area contributed by atoms with Crippen LogP contribution >= 0.6 is 11.8 Å². The Balaban J connectivity index is 1.63. The van der Waals surface area contributed by atoms with Gasteiger partial charge in [-0.3, -0.25) is 4.79 Å². The summed E-state index contributed by atoms with van der Waals surface area (Å²) in [4.78, 5) is 12.8. The Labute approximate surface area is 149 Å². The third kappa shape index (κ3) is 3.71. The van der Waals surface area contributed by atoms with E-state index in [-0.39, 0.29) is 5.91 Å². The first-order valence-electron chi connectivity index (χ1n) is 8.17. The number of carbonyl (C=O) groups excluding carboxylic acids is 1. The molecule has 1 atom stereocenters. The number of tetrazole rings is 1. The van der Waals surface area contributed by atoms with Gasteiger partial charge in [0.2, 0.25) is 11.1 Å². The molecule has 0 unspecified atom stereocenters. The fourth-order valence-corrected chi connectivity index (χ4v) is 3.50. The second-order valence-electron chi connectivity index (χ2n) is 5.90. The monoisotopic (exact) mass is 351 g/mol. The van der Waals surface area contributed by atoms with Crippen molar-refractivity contribution in [3.63, 3.8) is 0 Å². The molecule has 0 bridgehead atoms. The number of para-hydroxylation sites is 1. The van der Waals surface area contributed by atoms with Gasteiger partial charge in [0.1, 0.15) is 5.25 Å². The molecule has 1 aromatic heterocycles. The molecule has 126 valence electrons. The molecule has 2 aromatic carbocycles. The zero-order chi connectivity index (χ0) is 17.1. The summed E-state index contributed by atoms with van der Waals surface area (Å²) in [6.07, 6.45) is 2.11. The van der Waals surface area contributed by atoms with Gasteiger partial charge in [-0.05, 0) is 41.0 Å². The Morgan fingerprint density at radius 1 is 1.08 bits per heavy atom. The Kier molecular flexibility index (Phi) is 4.47. The first-order chi connectivity index (χ1) is 12.3. The predicted molar refractivity (Wildman–Crippen MR) is 95.4 cm³/mol. The first kappa shape index (κ1) is 15.8. The van der Waals surface area contributed by atoms with Gasteiger partial charge >= 0.3 is 0 Å². The molecular weight excluding hydrogens is 334 g/mol. The normalized spacial score (nSPS) is 14.9. The van der Waals surface area contributed by atoms with E-state index in [4.69, 9.17) is 0 Å². The lowest BCUT2D eigenvalue weighted by atomic mass is 10.1. The average Bonchev–Trinajstić information content (AvgIpc) is 3.35. The molecule has 4 rings (SSSR count). The van der Waals surface area contributed by atoms with Crippen molar-refractivity contribution in [2.24, 2.45) is 0 Å². The van der Waals surface area contributed by atoms with E-state index >= 15 is 0 Å². The van der Waals surface area contributed by atoms with Crippen LogP contribution in [-0.4, -0.2) is 32.2 Å². The van der Waals surface area contributed by atoms with Crippen molar-refractivity contribution in [3.05, 3.63) is 66.2 Å². The number of hydrogen-bond donors (Lipinski definition) is 1. The van der Waals surface area contributed by atoms with Crippen LogP contribution in [0.3, 0.4) is 0 Å². The Hall–Kier alpha value is -2.67. The van der Waals surface area contributed by atoms with E-state index in [9.17, 15) is 4.79 Å². The molecular formula is C18H17N5OS. The summed E-state index contributed by atoms with van der Waals surface area (Å²) in [5.41, 5.74) is 1.80. The minimum absolute atomic E-state index is 0.00121. The van der Waals surface area contributed by atoms with E-state index in [1.165, 1.54) is 11.8 Å². The molecule has 1 aliphatic rings. The maximum absolute atomic E-state index is 12.8. The highest BCUT2D eigenvalue weighted by molar-refractivity contribution is 8.00. The summed E-state index contributed by atoms with van der Waals surface area (Å²) >= 11 is 1.36. The summed E-state index contributed by atoms with van der Waals surface area (Å²) in [5.74, 6) is 0.00121. The second-order valence-corrected chi connectivity index (χ2v) is 6.97. The SMILES string of the molecule is O=C(NC1CC1)[C@H](Sc1nnnn1-c1ccccc1)c1ccccc1. The lowest BCUT2D eigenvalue weighted by Crippen LogP contribution is -2.29. The molecule has 0 saturated heterocycles. The van der Waals surface area contributed by atoms with Crippen LogP contribution in [0.25, 0.3) is 5.69 Å². The van der Waals surface area contributed by atoms with Crippen molar-refractivity contribution in [2.45, 2.75) is 29.3 Å². The highest BCUT2D eigenvalue weighted by Crippen LogP contribution is 2.35. The van der Waals surface area contributed by atoms with Crippen molar-refractivity contribution in [1.29, 1.82) is 0 Å². The van der Waals surface area contributed by atoms with Crippen molar-refractivity contribution < 1.29 is 4.79 Å². The first-order valence-corrected chi connectivity index (χ1v) is 9.05. The molecule has 1 N–H and O–H groups in total. The third-order valence-electron chi connectivity index (χ3n) is 3.93. The van der Waals surface area contributed by atoms with E-state index in [2.05, 4.69) is 20.8 Å². The predicted octanol–water partition coefficient (Wildman–Crippen LogP) is 2.77. The van der Waals surface area contributed by atoms with Gasteiger partial charge in [-0.2, -0.15) is 4.68 Å². The lowest BCUT2D eigenvalue weighted by molar-refractivity contribution is -0.120. The number of benzene rings is 2. The number of nitrogens with one attached hydrogen (secondary N) is 1. The number of nitrogens with zero attached hydrogens (tertiary/aromatic N) is 4.